The molecule has 176 valence electrons. The minimum Gasteiger partial charge on any atom is -0.857 e. The molecule has 0 bridgehead atoms. The Morgan fingerprint density at radius 2 is 1.56 bits per heavy atom. The maximum atomic E-state index is 12.7. The number of quaternary nitrogens is 1. The van der Waals surface area contributed by atoms with Crippen LogP contribution in [0.2, 0.25) is 0 Å². The number of hydrogen-bond donors (Lipinski definition) is 3. The first-order valence-corrected chi connectivity index (χ1v) is 9.60. The van der Waals surface area contributed by atoms with Crippen molar-refractivity contribution < 1.29 is 24.0 Å². The zero-order valence-corrected chi connectivity index (χ0v) is 19.7. The summed E-state index contributed by atoms with van der Waals surface area (Å²) in [6.07, 6.45) is 3.22. The molecule has 0 aromatic carbocycles. The molecule has 2 aromatic heterocycles. The number of anilines is 2. The van der Waals surface area contributed by atoms with Crippen LogP contribution in [0.25, 0.3) is 0 Å². The standard InChI is InChI=1S/C20H29N7O4.ClH/c1-25-11-14(9-15(25)19(30)22-7-6-17(21)28)24-20(31)16-8-13(10-26(16)2)23-18(29)12-27(3,4)5;/h8-11H,6-7,12H2,1-5H3,(H4-,21,22,23,24,28,29,30,31);1H. The van der Waals surface area contributed by atoms with Crippen LogP contribution in [0.4, 0.5) is 11.4 Å². The number of likely N-dealkylation sites (N-methyl/N-ethyl adjacent to an activating group) is 1. The molecule has 0 fully saturated rings. The number of halogens is 1. The third-order valence-electron chi connectivity index (χ3n) is 4.23. The van der Waals surface area contributed by atoms with E-state index in [0.717, 1.165) is 0 Å². The summed E-state index contributed by atoms with van der Waals surface area (Å²) >= 11 is 0. The number of amides is 3. The molecule has 2 rings (SSSR count). The molecule has 0 saturated carbocycles. The number of aryl methyl sites for hydroxylation is 2. The number of nitrogens with two attached hydrogens (primary N) is 1. The number of nitrogens with zero attached hydrogens (tertiary/aromatic N) is 4. The second kappa shape index (κ2) is 10.8. The fraction of sp³-hybridized carbons (Fsp3) is 0.400. The van der Waals surface area contributed by atoms with Crippen LogP contribution in [0.15, 0.2) is 29.5 Å². The fourth-order valence-electron chi connectivity index (χ4n) is 2.88. The summed E-state index contributed by atoms with van der Waals surface area (Å²) in [4.78, 5) is 39.4. The molecule has 0 spiro atoms. The van der Waals surface area contributed by atoms with Gasteiger partial charge >= 0.3 is 0 Å². The van der Waals surface area contributed by atoms with E-state index in [-0.39, 0.29) is 37.0 Å². The van der Waals surface area contributed by atoms with E-state index in [1.165, 1.54) is 10.6 Å². The summed E-state index contributed by atoms with van der Waals surface area (Å²) in [6, 6.07) is 3.08. The summed E-state index contributed by atoms with van der Waals surface area (Å²) in [5, 5.41) is 17.7. The van der Waals surface area contributed by atoms with Crippen molar-refractivity contribution in [2.24, 2.45) is 24.8 Å². The summed E-state index contributed by atoms with van der Waals surface area (Å²) in [5.41, 5.74) is 6.57. The monoisotopic (exact) mass is 467 g/mol. The zero-order valence-electron chi connectivity index (χ0n) is 18.8. The highest BCUT2D eigenvalue weighted by atomic mass is 35.5. The maximum absolute atomic E-state index is 12.7. The van der Waals surface area contributed by atoms with Gasteiger partial charge in [-0.3, -0.25) is 19.4 Å². The minimum absolute atomic E-state index is 0. The van der Waals surface area contributed by atoms with Gasteiger partial charge in [0.2, 0.25) is 5.91 Å². The van der Waals surface area contributed by atoms with Crippen molar-refractivity contribution in [1.29, 1.82) is 0 Å². The van der Waals surface area contributed by atoms with E-state index in [4.69, 9.17) is 5.73 Å². The Hall–Kier alpha value is -3.31. The van der Waals surface area contributed by atoms with Crippen LogP contribution in [0.3, 0.4) is 0 Å². The quantitative estimate of drug-likeness (QED) is 0.263. The number of carbonyl (C=O) groups is 3. The largest absolute Gasteiger partial charge is 0.857 e. The minimum atomic E-state index is -0.535. The Labute approximate surface area is 192 Å². The smallest absolute Gasteiger partial charge is 0.279 e. The van der Waals surface area contributed by atoms with E-state index < -0.39 is 17.7 Å². The second-order valence-electron chi connectivity index (χ2n) is 8.30. The van der Waals surface area contributed by atoms with Gasteiger partial charge in [-0.15, -0.1) is 12.4 Å². The SMILES string of the molecule is Cl.Cn1cc(NC(=O)C[N+](C)(C)C)cc1C(=O)Nc1cc(C([O-])=NCCC(N)=O)n(C)c1. The molecular formula is C20H30ClN7O4. The molecule has 0 unspecified atom stereocenters. The molecule has 4 N–H and O–H groups in total. The van der Waals surface area contributed by atoms with Gasteiger partial charge in [0.05, 0.1) is 38.2 Å². The van der Waals surface area contributed by atoms with Crippen LogP contribution in [0.5, 0.6) is 0 Å². The third-order valence-corrected chi connectivity index (χ3v) is 4.23. The van der Waals surface area contributed by atoms with Gasteiger partial charge in [-0.25, -0.2) is 0 Å². The summed E-state index contributed by atoms with van der Waals surface area (Å²) in [6.45, 7) is 0.300. The molecule has 0 aliphatic carbocycles. The molecule has 3 amide bonds. The summed E-state index contributed by atoms with van der Waals surface area (Å²) in [5.74, 6) is -1.60. The highest BCUT2D eigenvalue weighted by molar-refractivity contribution is 6.05. The molecule has 0 atom stereocenters. The number of aliphatic imine (C=N–C) groups is 1. The predicted molar refractivity (Wildman–Crippen MR) is 123 cm³/mol. The van der Waals surface area contributed by atoms with Crippen LogP contribution < -0.4 is 21.5 Å². The second-order valence-corrected chi connectivity index (χ2v) is 8.30. The third kappa shape index (κ3) is 7.75. The van der Waals surface area contributed by atoms with Crippen molar-refractivity contribution in [2.45, 2.75) is 6.42 Å². The first-order chi connectivity index (χ1) is 14.4. The van der Waals surface area contributed by atoms with Crippen molar-refractivity contribution in [3.63, 3.8) is 0 Å². The highest BCUT2D eigenvalue weighted by Crippen LogP contribution is 2.17. The van der Waals surface area contributed by atoms with Crippen LogP contribution in [0, 0.1) is 0 Å². The molecule has 32 heavy (non-hydrogen) atoms. The van der Waals surface area contributed by atoms with Gasteiger partial charge in [-0.2, -0.15) is 0 Å². The summed E-state index contributed by atoms with van der Waals surface area (Å²) in [7, 11) is 9.08. The normalized spacial score (nSPS) is 11.6. The Morgan fingerprint density at radius 1 is 1.03 bits per heavy atom. The Bertz CT molecular complexity index is 1020. The van der Waals surface area contributed by atoms with Crippen molar-refractivity contribution in [1.82, 2.24) is 9.13 Å². The van der Waals surface area contributed by atoms with E-state index in [1.807, 2.05) is 21.1 Å². The number of primary amides is 1. The number of nitrogens with one attached hydrogen (secondary N) is 2. The Balaban J connectivity index is 0.00000512. The van der Waals surface area contributed by atoms with Crippen molar-refractivity contribution >= 4 is 47.4 Å². The maximum Gasteiger partial charge on any atom is 0.279 e. The molecule has 2 heterocycles. The fourth-order valence-corrected chi connectivity index (χ4v) is 2.88. The molecule has 0 radical (unpaired) electrons. The molecule has 12 heteroatoms. The average Bonchev–Trinajstić information content (AvgIpc) is 3.14. The van der Waals surface area contributed by atoms with Crippen molar-refractivity contribution in [2.75, 3.05) is 44.9 Å². The Kier molecular flexibility index (Phi) is 9.04. The van der Waals surface area contributed by atoms with Crippen LogP contribution in [0.1, 0.15) is 22.6 Å². The van der Waals surface area contributed by atoms with Gasteiger partial charge in [0.1, 0.15) is 5.69 Å². The topological polar surface area (TPSA) is 147 Å². The van der Waals surface area contributed by atoms with Gasteiger partial charge in [0, 0.05) is 45.4 Å². The molecule has 0 aliphatic rings. The van der Waals surface area contributed by atoms with E-state index in [1.54, 1.807) is 37.1 Å². The molecule has 0 saturated heterocycles. The molecule has 11 nitrogen and oxygen atoms in total. The van der Waals surface area contributed by atoms with Crippen LogP contribution in [-0.4, -0.2) is 71.5 Å². The lowest BCUT2D eigenvalue weighted by Gasteiger charge is -2.22. The van der Waals surface area contributed by atoms with E-state index >= 15 is 0 Å². The van der Waals surface area contributed by atoms with E-state index in [9.17, 15) is 19.5 Å². The van der Waals surface area contributed by atoms with E-state index in [0.29, 0.717) is 28.1 Å². The van der Waals surface area contributed by atoms with Crippen molar-refractivity contribution in [3.8, 4) is 0 Å². The average molecular weight is 468 g/mol. The van der Waals surface area contributed by atoms with E-state index in [2.05, 4.69) is 15.6 Å². The zero-order chi connectivity index (χ0) is 23.3. The van der Waals surface area contributed by atoms with Gasteiger partial charge < -0.3 is 35.1 Å². The first-order valence-electron chi connectivity index (χ1n) is 9.60. The number of carbonyl (C=O) groups excluding carboxylic acids is 3. The Morgan fingerprint density at radius 3 is 2.12 bits per heavy atom. The highest BCUT2D eigenvalue weighted by Gasteiger charge is 2.18. The number of aromatic nitrogens is 2. The van der Waals surface area contributed by atoms with Gasteiger partial charge in [0.25, 0.3) is 11.8 Å². The predicted octanol–water partition coefficient (Wildman–Crippen LogP) is -0.335. The number of hydrogen-bond acceptors (Lipinski definition) is 5. The first kappa shape index (κ1) is 26.7. The lowest BCUT2D eigenvalue weighted by Crippen LogP contribution is -2.41. The van der Waals surface area contributed by atoms with Crippen LogP contribution in [-0.2, 0) is 23.7 Å². The summed E-state index contributed by atoms with van der Waals surface area (Å²) < 4.78 is 3.62. The number of rotatable bonds is 9. The lowest BCUT2D eigenvalue weighted by molar-refractivity contribution is -0.861. The molecule has 2 aromatic rings. The van der Waals surface area contributed by atoms with Crippen LogP contribution >= 0.6 is 12.4 Å². The van der Waals surface area contributed by atoms with Gasteiger partial charge in [0.15, 0.2) is 6.54 Å². The van der Waals surface area contributed by atoms with Crippen molar-refractivity contribution in [3.05, 3.63) is 35.9 Å². The lowest BCUT2D eigenvalue weighted by atomic mass is 10.3. The molecule has 0 aliphatic heterocycles. The van der Waals surface area contributed by atoms with Gasteiger partial charge in [-0.05, 0) is 12.1 Å². The molecular weight excluding hydrogens is 438 g/mol. The van der Waals surface area contributed by atoms with Gasteiger partial charge in [-0.1, -0.05) is 0 Å².